The highest BCUT2D eigenvalue weighted by atomic mass is 15.2. The number of hydrogen-bond acceptors (Lipinski definition) is 3. The highest BCUT2D eigenvalue weighted by molar-refractivity contribution is 5.61. The summed E-state index contributed by atoms with van der Waals surface area (Å²) in [6.07, 6.45) is 7.37. The molecule has 0 spiro atoms. The molecule has 2 aromatic heterocycles. The van der Waals surface area contributed by atoms with Gasteiger partial charge in [0, 0.05) is 43.3 Å². The average molecular weight is 218 g/mol. The van der Waals surface area contributed by atoms with Crippen molar-refractivity contribution in [1.29, 1.82) is 0 Å². The topological polar surface area (TPSA) is 56.7 Å². The van der Waals surface area contributed by atoms with Gasteiger partial charge in [-0.25, -0.2) is 0 Å². The quantitative estimate of drug-likeness (QED) is 0.838. The summed E-state index contributed by atoms with van der Waals surface area (Å²) in [7, 11) is 1.89. The van der Waals surface area contributed by atoms with Gasteiger partial charge in [0.1, 0.15) is 0 Å². The van der Waals surface area contributed by atoms with Crippen LogP contribution in [0, 0.1) is 0 Å². The Morgan fingerprint density at radius 1 is 1.19 bits per heavy atom. The summed E-state index contributed by atoms with van der Waals surface area (Å²) in [6.45, 7) is 4.51. The summed E-state index contributed by atoms with van der Waals surface area (Å²) in [6, 6.07) is 2.03. The molecule has 4 nitrogen and oxygen atoms in total. The molecule has 0 atom stereocenters. The van der Waals surface area contributed by atoms with Crippen LogP contribution in [-0.4, -0.2) is 14.8 Å². The Labute approximate surface area is 96.1 Å². The Bertz CT molecular complexity index is 434. The number of nitrogens with two attached hydrogens (primary N) is 1. The Hall–Kier alpha value is -1.68. The Kier molecular flexibility index (Phi) is 4.66. The zero-order valence-electron chi connectivity index (χ0n) is 10.0. The molecule has 4 heteroatoms. The normalized spacial score (nSPS) is 9.50. The Balaban J connectivity index is 0.000000606. The first-order chi connectivity index (χ1) is 7.79. The minimum Gasteiger partial charge on any atom is -0.326 e. The maximum absolute atomic E-state index is 5.54. The third-order valence-electron chi connectivity index (χ3n) is 2.07. The lowest BCUT2D eigenvalue weighted by Crippen LogP contribution is -1.96. The van der Waals surface area contributed by atoms with E-state index < -0.39 is 0 Å². The van der Waals surface area contributed by atoms with Crippen LogP contribution in [0.5, 0.6) is 0 Å². The van der Waals surface area contributed by atoms with Gasteiger partial charge in [-0.3, -0.25) is 9.67 Å². The van der Waals surface area contributed by atoms with Gasteiger partial charge in [0.2, 0.25) is 0 Å². The maximum atomic E-state index is 5.54. The van der Waals surface area contributed by atoms with E-state index >= 15 is 0 Å². The van der Waals surface area contributed by atoms with Crippen molar-refractivity contribution in [2.75, 3.05) is 0 Å². The van der Waals surface area contributed by atoms with Crippen LogP contribution in [0.15, 0.2) is 30.9 Å². The molecular weight excluding hydrogens is 200 g/mol. The van der Waals surface area contributed by atoms with Gasteiger partial charge in [0.15, 0.2) is 0 Å². The molecule has 2 N–H and O–H groups in total. The summed E-state index contributed by atoms with van der Waals surface area (Å²) < 4.78 is 1.77. The molecule has 0 amide bonds. The number of aromatic nitrogens is 3. The van der Waals surface area contributed by atoms with Crippen molar-refractivity contribution in [3.8, 4) is 11.1 Å². The first-order valence-corrected chi connectivity index (χ1v) is 5.42. The molecule has 0 aliphatic heterocycles. The lowest BCUT2D eigenvalue weighted by atomic mass is 10.1. The summed E-state index contributed by atoms with van der Waals surface area (Å²) in [5.41, 5.74) is 8.70. The maximum Gasteiger partial charge on any atom is 0.0568 e. The van der Waals surface area contributed by atoms with Crippen molar-refractivity contribution in [2.45, 2.75) is 20.4 Å². The van der Waals surface area contributed by atoms with E-state index in [0.29, 0.717) is 6.54 Å². The molecule has 0 unspecified atom stereocenters. The van der Waals surface area contributed by atoms with Gasteiger partial charge in [0.05, 0.1) is 6.20 Å². The van der Waals surface area contributed by atoms with Crippen LogP contribution in [0.4, 0.5) is 0 Å². The minimum atomic E-state index is 0.515. The first kappa shape index (κ1) is 12.4. The SMILES string of the molecule is CC.Cn1cc(-c2cncc(CN)c2)cn1. The number of rotatable bonds is 2. The van der Waals surface area contributed by atoms with E-state index in [9.17, 15) is 0 Å². The fourth-order valence-corrected chi connectivity index (χ4v) is 1.33. The lowest BCUT2D eigenvalue weighted by Gasteiger charge is -1.99. The number of aryl methyl sites for hydroxylation is 1. The molecular formula is C12H18N4. The highest BCUT2D eigenvalue weighted by Gasteiger charge is 2.01. The van der Waals surface area contributed by atoms with E-state index in [4.69, 9.17) is 5.73 Å². The molecule has 0 aromatic carbocycles. The number of hydrogen-bond donors (Lipinski definition) is 1. The van der Waals surface area contributed by atoms with E-state index in [1.54, 1.807) is 10.9 Å². The standard InChI is InChI=1S/C10H12N4.C2H6/c1-14-7-10(6-13-14)9-2-8(3-11)4-12-5-9;1-2/h2,4-7H,3,11H2,1H3;1-2H3. The summed E-state index contributed by atoms with van der Waals surface area (Å²) in [5, 5.41) is 4.11. The smallest absolute Gasteiger partial charge is 0.0568 e. The van der Waals surface area contributed by atoms with Gasteiger partial charge >= 0.3 is 0 Å². The second-order valence-electron chi connectivity index (χ2n) is 3.19. The molecule has 0 aliphatic carbocycles. The first-order valence-electron chi connectivity index (χ1n) is 5.42. The van der Waals surface area contributed by atoms with Gasteiger partial charge in [-0.2, -0.15) is 5.10 Å². The predicted molar refractivity (Wildman–Crippen MR) is 65.7 cm³/mol. The fourth-order valence-electron chi connectivity index (χ4n) is 1.33. The van der Waals surface area contributed by atoms with Crippen LogP contribution < -0.4 is 5.73 Å². The van der Waals surface area contributed by atoms with Crippen molar-refractivity contribution in [2.24, 2.45) is 12.8 Å². The zero-order chi connectivity index (χ0) is 12.0. The molecule has 2 rings (SSSR count). The van der Waals surface area contributed by atoms with E-state index in [1.807, 2.05) is 45.6 Å². The fraction of sp³-hybridized carbons (Fsp3) is 0.333. The summed E-state index contributed by atoms with van der Waals surface area (Å²) >= 11 is 0. The largest absolute Gasteiger partial charge is 0.326 e. The lowest BCUT2D eigenvalue weighted by molar-refractivity contribution is 0.768. The molecule has 2 aromatic rings. The Morgan fingerprint density at radius 2 is 1.94 bits per heavy atom. The second kappa shape index (κ2) is 6.02. The number of pyridine rings is 1. The van der Waals surface area contributed by atoms with Crippen molar-refractivity contribution >= 4 is 0 Å². The van der Waals surface area contributed by atoms with Crippen LogP contribution in [-0.2, 0) is 13.6 Å². The molecule has 16 heavy (non-hydrogen) atoms. The summed E-state index contributed by atoms with van der Waals surface area (Å²) in [4.78, 5) is 4.12. The zero-order valence-corrected chi connectivity index (χ0v) is 10.0. The van der Waals surface area contributed by atoms with E-state index in [1.165, 1.54) is 0 Å². The molecule has 0 aliphatic rings. The molecule has 0 fully saturated rings. The second-order valence-corrected chi connectivity index (χ2v) is 3.19. The van der Waals surface area contributed by atoms with Crippen LogP contribution in [0.25, 0.3) is 11.1 Å². The van der Waals surface area contributed by atoms with Crippen LogP contribution in [0.3, 0.4) is 0 Å². The average Bonchev–Trinajstić information content (AvgIpc) is 2.79. The van der Waals surface area contributed by atoms with Gasteiger partial charge < -0.3 is 5.73 Å². The van der Waals surface area contributed by atoms with Crippen LogP contribution >= 0.6 is 0 Å². The highest BCUT2D eigenvalue weighted by Crippen LogP contribution is 2.17. The molecule has 86 valence electrons. The van der Waals surface area contributed by atoms with Gasteiger partial charge in [-0.05, 0) is 11.6 Å². The van der Waals surface area contributed by atoms with Gasteiger partial charge in [-0.1, -0.05) is 13.8 Å². The third kappa shape index (κ3) is 2.90. The minimum absolute atomic E-state index is 0.515. The predicted octanol–water partition coefficient (Wildman–Crippen LogP) is 1.97. The van der Waals surface area contributed by atoms with Crippen LogP contribution in [0.2, 0.25) is 0 Å². The molecule has 2 heterocycles. The van der Waals surface area contributed by atoms with Gasteiger partial charge in [-0.15, -0.1) is 0 Å². The molecule has 0 radical (unpaired) electrons. The van der Waals surface area contributed by atoms with Crippen molar-refractivity contribution < 1.29 is 0 Å². The monoisotopic (exact) mass is 218 g/mol. The third-order valence-corrected chi connectivity index (χ3v) is 2.07. The van der Waals surface area contributed by atoms with Crippen LogP contribution in [0.1, 0.15) is 19.4 Å². The van der Waals surface area contributed by atoms with Crippen molar-refractivity contribution in [3.63, 3.8) is 0 Å². The molecule has 0 bridgehead atoms. The van der Waals surface area contributed by atoms with E-state index in [2.05, 4.69) is 10.1 Å². The van der Waals surface area contributed by atoms with Gasteiger partial charge in [0.25, 0.3) is 0 Å². The summed E-state index contributed by atoms with van der Waals surface area (Å²) in [5.74, 6) is 0. The number of nitrogens with zero attached hydrogens (tertiary/aromatic N) is 3. The Morgan fingerprint density at radius 3 is 2.50 bits per heavy atom. The van der Waals surface area contributed by atoms with E-state index in [0.717, 1.165) is 16.7 Å². The molecule has 0 saturated carbocycles. The van der Waals surface area contributed by atoms with Crippen molar-refractivity contribution in [1.82, 2.24) is 14.8 Å². The molecule has 0 saturated heterocycles. The van der Waals surface area contributed by atoms with Crippen molar-refractivity contribution in [3.05, 3.63) is 36.4 Å². The van der Waals surface area contributed by atoms with E-state index in [-0.39, 0.29) is 0 Å².